The standard InChI is InChI=1S/C17H19ClN4O2/c1-12-8-13(9-16(23)20-12)17(24)22-6-4-21(5-7-22)11-15-3-2-14(18)10-19-15/h2-3,8-10H,4-7,11H2,1H3,(H,20,23). The minimum absolute atomic E-state index is 0.0894. The molecule has 24 heavy (non-hydrogen) atoms. The lowest BCUT2D eigenvalue weighted by atomic mass is 10.2. The number of carbonyl (C=O) groups is 1. The van der Waals surface area contributed by atoms with Crippen molar-refractivity contribution in [1.82, 2.24) is 19.8 Å². The fourth-order valence-electron chi connectivity index (χ4n) is 2.83. The molecule has 0 saturated carbocycles. The Morgan fingerprint density at radius 2 is 2.00 bits per heavy atom. The Morgan fingerprint density at radius 3 is 2.62 bits per heavy atom. The van der Waals surface area contributed by atoms with Crippen LogP contribution in [0.1, 0.15) is 21.7 Å². The first-order valence-electron chi connectivity index (χ1n) is 7.84. The van der Waals surface area contributed by atoms with Crippen molar-refractivity contribution in [3.63, 3.8) is 0 Å². The average Bonchev–Trinajstić information content (AvgIpc) is 2.56. The molecule has 0 aliphatic carbocycles. The Balaban J connectivity index is 1.59. The van der Waals surface area contributed by atoms with Crippen LogP contribution in [0, 0.1) is 6.92 Å². The summed E-state index contributed by atoms with van der Waals surface area (Å²) in [6.45, 7) is 5.34. The highest BCUT2D eigenvalue weighted by Crippen LogP contribution is 2.12. The van der Waals surface area contributed by atoms with Gasteiger partial charge in [0, 0.05) is 56.2 Å². The van der Waals surface area contributed by atoms with Gasteiger partial charge in [0.25, 0.3) is 5.91 Å². The Morgan fingerprint density at radius 1 is 1.25 bits per heavy atom. The van der Waals surface area contributed by atoms with E-state index >= 15 is 0 Å². The Kier molecular flexibility index (Phi) is 4.97. The molecule has 0 atom stereocenters. The number of nitrogens with zero attached hydrogens (tertiary/aromatic N) is 3. The SMILES string of the molecule is Cc1cc(C(=O)N2CCN(Cc3ccc(Cl)cn3)CC2)cc(=O)[nH]1. The van der Waals surface area contributed by atoms with Crippen molar-refractivity contribution in [1.29, 1.82) is 0 Å². The van der Waals surface area contributed by atoms with Crippen molar-refractivity contribution in [2.24, 2.45) is 0 Å². The van der Waals surface area contributed by atoms with Gasteiger partial charge >= 0.3 is 0 Å². The summed E-state index contributed by atoms with van der Waals surface area (Å²) in [6.07, 6.45) is 1.64. The zero-order valence-corrected chi connectivity index (χ0v) is 14.2. The lowest BCUT2D eigenvalue weighted by Crippen LogP contribution is -2.48. The van der Waals surface area contributed by atoms with Crippen LogP contribution in [0.3, 0.4) is 0 Å². The second-order valence-corrected chi connectivity index (χ2v) is 6.39. The van der Waals surface area contributed by atoms with Gasteiger partial charge in [0.05, 0.1) is 10.7 Å². The van der Waals surface area contributed by atoms with Gasteiger partial charge in [0.15, 0.2) is 0 Å². The summed E-state index contributed by atoms with van der Waals surface area (Å²) in [5.41, 5.74) is 1.86. The second-order valence-electron chi connectivity index (χ2n) is 5.95. The highest BCUT2D eigenvalue weighted by atomic mass is 35.5. The number of halogens is 1. The van der Waals surface area contributed by atoms with Gasteiger partial charge in [-0.1, -0.05) is 11.6 Å². The summed E-state index contributed by atoms with van der Waals surface area (Å²) >= 11 is 5.84. The Labute approximate surface area is 145 Å². The number of rotatable bonds is 3. The maximum atomic E-state index is 12.5. The first-order valence-corrected chi connectivity index (χ1v) is 8.22. The Hall–Kier alpha value is -2.18. The van der Waals surface area contributed by atoms with Gasteiger partial charge in [-0.3, -0.25) is 19.5 Å². The van der Waals surface area contributed by atoms with Crippen LogP contribution in [0.15, 0.2) is 35.3 Å². The van der Waals surface area contributed by atoms with Crippen molar-refractivity contribution >= 4 is 17.5 Å². The molecule has 0 spiro atoms. The summed E-state index contributed by atoms with van der Waals surface area (Å²) in [5.74, 6) is -0.0894. The van der Waals surface area contributed by atoms with Crippen LogP contribution in [0.25, 0.3) is 0 Å². The van der Waals surface area contributed by atoms with E-state index in [9.17, 15) is 9.59 Å². The molecule has 3 heterocycles. The molecular formula is C17H19ClN4O2. The third kappa shape index (κ3) is 4.01. The van der Waals surface area contributed by atoms with Crippen LogP contribution >= 0.6 is 11.6 Å². The van der Waals surface area contributed by atoms with Gasteiger partial charge in [-0.05, 0) is 25.1 Å². The molecule has 126 valence electrons. The fourth-order valence-corrected chi connectivity index (χ4v) is 2.94. The third-order valence-corrected chi connectivity index (χ3v) is 4.28. The van der Waals surface area contributed by atoms with E-state index in [-0.39, 0.29) is 11.5 Å². The number of hydrogen-bond acceptors (Lipinski definition) is 4. The highest BCUT2D eigenvalue weighted by molar-refractivity contribution is 6.30. The third-order valence-electron chi connectivity index (χ3n) is 4.06. The van der Waals surface area contributed by atoms with Gasteiger partial charge in [-0.15, -0.1) is 0 Å². The largest absolute Gasteiger partial charge is 0.336 e. The van der Waals surface area contributed by atoms with Gasteiger partial charge in [-0.2, -0.15) is 0 Å². The summed E-state index contributed by atoms with van der Waals surface area (Å²) in [4.78, 5) is 35.1. The molecular weight excluding hydrogens is 328 g/mol. The van der Waals surface area contributed by atoms with E-state index in [1.165, 1.54) is 6.07 Å². The smallest absolute Gasteiger partial charge is 0.254 e. The average molecular weight is 347 g/mol. The number of pyridine rings is 2. The van der Waals surface area contributed by atoms with Crippen LogP contribution in [0.4, 0.5) is 0 Å². The predicted octanol–water partition coefficient (Wildman–Crippen LogP) is 1.69. The molecule has 2 aromatic rings. The van der Waals surface area contributed by atoms with Crippen LogP contribution in [0.5, 0.6) is 0 Å². The van der Waals surface area contributed by atoms with Crippen LogP contribution in [0.2, 0.25) is 5.02 Å². The first-order chi connectivity index (χ1) is 11.5. The maximum absolute atomic E-state index is 12.5. The molecule has 0 bridgehead atoms. The number of carbonyl (C=O) groups excluding carboxylic acids is 1. The van der Waals surface area contributed by atoms with E-state index in [0.717, 1.165) is 25.3 Å². The molecule has 0 unspecified atom stereocenters. The van der Waals surface area contributed by atoms with Crippen molar-refractivity contribution < 1.29 is 4.79 Å². The van der Waals surface area contributed by atoms with Gasteiger partial charge in [-0.25, -0.2) is 0 Å². The van der Waals surface area contributed by atoms with Crippen LogP contribution in [-0.4, -0.2) is 51.9 Å². The highest BCUT2D eigenvalue weighted by Gasteiger charge is 2.22. The van der Waals surface area contributed by atoms with E-state index in [2.05, 4.69) is 14.9 Å². The summed E-state index contributed by atoms with van der Waals surface area (Å²) in [6, 6.07) is 6.82. The second kappa shape index (κ2) is 7.15. The number of aromatic amines is 1. The fraction of sp³-hybridized carbons (Fsp3) is 0.353. The molecule has 1 saturated heterocycles. The van der Waals surface area contributed by atoms with Crippen LogP contribution < -0.4 is 5.56 Å². The summed E-state index contributed by atoms with van der Waals surface area (Å²) in [5, 5.41) is 0.627. The quantitative estimate of drug-likeness (QED) is 0.918. The molecule has 2 aromatic heterocycles. The lowest BCUT2D eigenvalue weighted by molar-refractivity contribution is 0.0626. The topological polar surface area (TPSA) is 69.3 Å². The lowest BCUT2D eigenvalue weighted by Gasteiger charge is -2.34. The van der Waals surface area contributed by atoms with E-state index in [4.69, 9.17) is 11.6 Å². The molecule has 1 fully saturated rings. The minimum atomic E-state index is -0.245. The molecule has 1 amide bonds. The minimum Gasteiger partial charge on any atom is -0.336 e. The van der Waals surface area contributed by atoms with Crippen molar-refractivity contribution in [3.8, 4) is 0 Å². The molecule has 1 N–H and O–H groups in total. The zero-order chi connectivity index (χ0) is 17.1. The molecule has 3 rings (SSSR count). The molecule has 0 aromatic carbocycles. The number of amides is 1. The predicted molar refractivity (Wildman–Crippen MR) is 92.2 cm³/mol. The van der Waals surface area contributed by atoms with E-state index < -0.39 is 0 Å². The number of aryl methyl sites for hydroxylation is 1. The van der Waals surface area contributed by atoms with E-state index in [1.54, 1.807) is 24.1 Å². The maximum Gasteiger partial charge on any atom is 0.254 e. The number of H-pyrrole nitrogens is 1. The number of nitrogens with one attached hydrogen (secondary N) is 1. The molecule has 7 heteroatoms. The van der Waals surface area contributed by atoms with E-state index in [1.807, 2.05) is 12.1 Å². The normalized spacial score (nSPS) is 15.5. The molecule has 6 nitrogen and oxygen atoms in total. The molecule has 1 aliphatic heterocycles. The summed E-state index contributed by atoms with van der Waals surface area (Å²) < 4.78 is 0. The van der Waals surface area contributed by atoms with Crippen LogP contribution in [-0.2, 0) is 6.54 Å². The van der Waals surface area contributed by atoms with Crippen molar-refractivity contribution in [2.45, 2.75) is 13.5 Å². The number of piperazine rings is 1. The molecule has 1 aliphatic rings. The number of aromatic nitrogens is 2. The van der Waals surface area contributed by atoms with E-state index in [0.29, 0.717) is 29.4 Å². The number of hydrogen-bond donors (Lipinski definition) is 1. The van der Waals surface area contributed by atoms with Gasteiger partial charge in [0.2, 0.25) is 5.56 Å². The Bertz CT molecular complexity index is 780. The monoisotopic (exact) mass is 346 g/mol. The van der Waals surface area contributed by atoms with Crippen molar-refractivity contribution in [3.05, 3.63) is 62.8 Å². The molecule has 0 radical (unpaired) electrons. The van der Waals surface area contributed by atoms with Gasteiger partial charge in [0.1, 0.15) is 0 Å². The summed E-state index contributed by atoms with van der Waals surface area (Å²) in [7, 11) is 0. The van der Waals surface area contributed by atoms with Gasteiger partial charge < -0.3 is 9.88 Å². The first kappa shape index (κ1) is 16.7. The van der Waals surface area contributed by atoms with Crippen molar-refractivity contribution in [2.75, 3.05) is 26.2 Å². The zero-order valence-electron chi connectivity index (χ0n) is 13.5.